The van der Waals surface area contributed by atoms with E-state index in [1.54, 1.807) is 0 Å². The lowest BCUT2D eigenvalue weighted by Gasteiger charge is -2.13. The first-order valence-corrected chi connectivity index (χ1v) is 41.4. The molecule has 2 aromatic carbocycles. The van der Waals surface area contributed by atoms with E-state index in [1.165, 1.54) is 334 Å². The van der Waals surface area contributed by atoms with Crippen LogP contribution in [0.4, 0.5) is 0 Å². The molecule has 0 saturated carbocycles. The Balaban J connectivity index is 1.27. The Morgan fingerprint density at radius 2 is 0.396 bits per heavy atom. The first-order chi connectivity index (χ1) is 47.6. The van der Waals surface area contributed by atoms with Crippen molar-refractivity contribution in [2.24, 2.45) is 0 Å². The number of hydrogen-bond acceptors (Lipinski definition) is 6. The molecule has 0 N–H and O–H groups in total. The first-order valence-electron chi connectivity index (χ1n) is 41.4. The van der Waals surface area contributed by atoms with Crippen molar-refractivity contribution >= 4 is 0 Å². The Labute approximate surface area is 592 Å². The van der Waals surface area contributed by atoms with Gasteiger partial charge in [-0.05, 0) is 86.3 Å². The average molecular weight is 1320 g/mol. The lowest BCUT2D eigenvalue weighted by Crippen LogP contribution is -2.03. The van der Waals surface area contributed by atoms with Gasteiger partial charge in [0, 0.05) is 34.6 Å². The third-order valence-electron chi connectivity index (χ3n) is 19.4. The van der Waals surface area contributed by atoms with Crippen LogP contribution < -0.4 is 18.9 Å². The Bertz CT molecular complexity index is 2340. The van der Waals surface area contributed by atoms with Crippen LogP contribution in [0.25, 0.3) is 11.4 Å². The number of unbranched alkanes of at least 4 members (excludes halogenated alkanes) is 52. The predicted octanol–water partition coefficient (Wildman–Crippen LogP) is 28.4. The topological polar surface area (TPSA) is 62.7 Å². The molecule has 0 atom stereocenters. The van der Waals surface area contributed by atoms with E-state index < -0.39 is 0 Å². The fraction of sp³-hybridized carbons (Fsp3) is 0.711. The average Bonchev–Trinajstić information content (AvgIpc) is 1.24. The smallest absolute Gasteiger partial charge is 0.162 e. The Kier molecular flexibility index (Phi) is 54.2. The van der Waals surface area contributed by atoms with Crippen LogP contribution in [0.3, 0.4) is 0 Å². The van der Waals surface area contributed by atoms with Gasteiger partial charge in [-0.25, -0.2) is 0 Å². The second-order valence-corrected chi connectivity index (χ2v) is 28.5. The van der Waals surface area contributed by atoms with Gasteiger partial charge < -0.3 is 18.9 Å². The summed E-state index contributed by atoms with van der Waals surface area (Å²) in [5.74, 6) is 16.7. The van der Waals surface area contributed by atoms with E-state index >= 15 is 0 Å². The molecule has 4 aromatic rings. The summed E-state index contributed by atoms with van der Waals surface area (Å²) >= 11 is 0. The summed E-state index contributed by atoms with van der Waals surface area (Å²) in [4.78, 5) is 9.58. The molecule has 6 heteroatoms. The number of hydrogen-bond donors (Lipinski definition) is 0. The minimum Gasteiger partial charge on any atom is -0.490 e. The second kappa shape index (κ2) is 62.3. The second-order valence-electron chi connectivity index (χ2n) is 28.5. The molecule has 0 aliphatic heterocycles. The molecule has 0 aliphatic rings. The highest BCUT2D eigenvalue weighted by molar-refractivity contribution is 5.57. The van der Waals surface area contributed by atoms with Crippen molar-refractivity contribution < 1.29 is 18.9 Å². The zero-order valence-electron chi connectivity index (χ0n) is 62.9. The largest absolute Gasteiger partial charge is 0.490 e. The molecule has 0 radical (unpaired) electrons. The van der Waals surface area contributed by atoms with Gasteiger partial charge in [0.15, 0.2) is 23.0 Å². The highest BCUT2D eigenvalue weighted by Gasteiger charge is 2.11. The van der Waals surface area contributed by atoms with Crippen molar-refractivity contribution in [2.45, 2.75) is 387 Å². The number of benzene rings is 2. The molecule has 2 aromatic heterocycles. The SMILES string of the molecule is CCCCCCCCCCCCCCCCOc1ccc(C#Cc2ccc(-c3ccc(C#Cc4ccc(OCCCCCCCCCCCCCCCC)c(OCCCCCCCCCCCCCCCC)c4)cn3)nc2)cc1OCCCCCCCCCCCCCCCC. The van der Waals surface area contributed by atoms with Crippen molar-refractivity contribution in [2.75, 3.05) is 26.4 Å². The van der Waals surface area contributed by atoms with E-state index in [4.69, 9.17) is 28.9 Å². The molecule has 6 nitrogen and oxygen atoms in total. The summed E-state index contributed by atoms with van der Waals surface area (Å²) in [5.41, 5.74) is 5.09. The number of aromatic nitrogens is 2. The Morgan fingerprint density at radius 1 is 0.208 bits per heavy atom. The van der Waals surface area contributed by atoms with Crippen LogP contribution in [0.5, 0.6) is 23.0 Å². The van der Waals surface area contributed by atoms with Gasteiger partial charge in [0.2, 0.25) is 0 Å². The summed E-state index contributed by atoms with van der Waals surface area (Å²) in [6.07, 6.45) is 79.0. The summed E-state index contributed by atoms with van der Waals surface area (Å²) < 4.78 is 25.8. The third kappa shape index (κ3) is 45.6. The standard InChI is InChI=1S/C90H144N2O4/c1-5-9-13-17-21-25-29-33-37-41-45-49-53-57-73-93-87-71-67-81(77-89(87)95-75-59-55-51-47-43-39-35-31-27-23-19-15-11-7-3)61-63-83-65-69-85(91-79-83)86-70-66-84(80-92-86)64-62-82-68-72-88(94-74-58-54-50-46-42-38-34-30-26-22-18-14-10-6-2)90(78-82)96-76-60-56-52-48-44-40-36-32-28-24-20-16-12-8-4/h65-72,77-80H,5-60,73-76H2,1-4H3. The molecule has 0 amide bonds. The maximum atomic E-state index is 6.49. The van der Waals surface area contributed by atoms with Crippen molar-refractivity contribution in [1.29, 1.82) is 0 Å². The minimum atomic E-state index is 0.691. The van der Waals surface area contributed by atoms with Gasteiger partial charge in [0.05, 0.1) is 37.8 Å². The third-order valence-corrected chi connectivity index (χ3v) is 19.4. The molecule has 96 heavy (non-hydrogen) atoms. The Morgan fingerprint density at radius 3 is 0.604 bits per heavy atom. The van der Waals surface area contributed by atoms with Crippen LogP contribution in [-0.4, -0.2) is 36.4 Å². The van der Waals surface area contributed by atoms with Gasteiger partial charge in [-0.1, -0.05) is 385 Å². The van der Waals surface area contributed by atoms with E-state index in [0.29, 0.717) is 26.4 Å². The molecule has 0 bridgehead atoms. The maximum absolute atomic E-state index is 6.49. The van der Waals surface area contributed by atoms with E-state index in [-0.39, 0.29) is 0 Å². The molecule has 0 saturated heterocycles. The van der Waals surface area contributed by atoms with E-state index in [9.17, 15) is 0 Å². The quantitative estimate of drug-likeness (QED) is 0.0324. The van der Waals surface area contributed by atoms with Crippen LogP contribution in [0.15, 0.2) is 73.1 Å². The summed E-state index contributed by atoms with van der Waals surface area (Å²) in [6, 6.07) is 20.4. The molecule has 0 fully saturated rings. The molecule has 538 valence electrons. The molecule has 0 spiro atoms. The fourth-order valence-electron chi connectivity index (χ4n) is 13.1. The summed E-state index contributed by atoms with van der Waals surface area (Å²) in [7, 11) is 0. The van der Waals surface area contributed by atoms with Gasteiger partial charge in [-0.15, -0.1) is 0 Å². The number of ether oxygens (including phenoxy) is 4. The van der Waals surface area contributed by atoms with Gasteiger partial charge in [0.1, 0.15) is 0 Å². The van der Waals surface area contributed by atoms with Crippen LogP contribution in [0, 0.1) is 23.7 Å². The zero-order chi connectivity index (χ0) is 67.8. The molecule has 2 heterocycles. The van der Waals surface area contributed by atoms with E-state index in [1.807, 2.05) is 36.7 Å². The molecule has 0 aliphatic carbocycles. The molecular weight excluding hydrogens is 1170 g/mol. The highest BCUT2D eigenvalue weighted by atomic mass is 16.5. The van der Waals surface area contributed by atoms with Crippen molar-refractivity contribution in [3.05, 3.63) is 95.3 Å². The summed E-state index contributed by atoms with van der Waals surface area (Å²) in [5, 5.41) is 0. The first kappa shape index (κ1) is 83.5. The Hall–Kier alpha value is -4.94. The van der Waals surface area contributed by atoms with Crippen LogP contribution in [0.2, 0.25) is 0 Å². The van der Waals surface area contributed by atoms with Gasteiger partial charge in [0.25, 0.3) is 0 Å². The number of nitrogens with zero attached hydrogens (tertiary/aromatic N) is 2. The zero-order valence-corrected chi connectivity index (χ0v) is 62.9. The van der Waals surface area contributed by atoms with Crippen LogP contribution in [0.1, 0.15) is 410 Å². The monoisotopic (exact) mass is 1320 g/mol. The number of pyridine rings is 2. The molecule has 0 unspecified atom stereocenters. The van der Waals surface area contributed by atoms with Crippen LogP contribution in [-0.2, 0) is 0 Å². The van der Waals surface area contributed by atoms with Gasteiger partial charge >= 0.3 is 0 Å². The highest BCUT2D eigenvalue weighted by Crippen LogP contribution is 2.31. The molecule has 4 rings (SSSR count). The summed E-state index contributed by atoms with van der Waals surface area (Å²) in [6.45, 7) is 12.0. The number of rotatable bonds is 65. The maximum Gasteiger partial charge on any atom is 0.162 e. The lowest BCUT2D eigenvalue weighted by atomic mass is 10.0. The molecular formula is C90H144N2O4. The minimum absolute atomic E-state index is 0.691. The van der Waals surface area contributed by atoms with E-state index in [2.05, 4.69) is 87.8 Å². The van der Waals surface area contributed by atoms with Gasteiger partial charge in [-0.2, -0.15) is 0 Å². The lowest BCUT2D eigenvalue weighted by molar-refractivity contribution is 0.258. The van der Waals surface area contributed by atoms with Crippen molar-refractivity contribution in [1.82, 2.24) is 9.97 Å². The van der Waals surface area contributed by atoms with E-state index in [0.717, 1.165) is 82.3 Å². The fourth-order valence-corrected chi connectivity index (χ4v) is 13.1. The van der Waals surface area contributed by atoms with Crippen LogP contribution >= 0.6 is 0 Å². The van der Waals surface area contributed by atoms with Crippen molar-refractivity contribution in [3.8, 4) is 58.1 Å². The van der Waals surface area contributed by atoms with Gasteiger partial charge in [-0.3, -0.25) is 9.97 Å². The predicted molar refractivity (Wildman–Crippen MR) is 416 cm³/mol. The normalized spacial score (nSPS) is 11.2. The van der Waals surface area contributed by atoms with Crippen molar-refractivity contribution in [3.63, 3.8) is 0 Å².